The second-order valence-electron chi connectivity index (χ2n) is 4.11. The van der Waals surface area contributed by atoms with Gasteiger partial charge >= 0.3 is 6.18 Å². The first-order valence-electron chi connectivity index (χ1n) is 5.83. The molecule has 0 spiro atoms. The van der Waals surface area contributed by atoms with E-state index in [2.05, 4.69) is 5.32 Å². The van der Waals surface area contributed by atoms with Crippen molar-refractivity contribution in [1.29, 1.82) is 0 Å². The predicted octanol–water partition coefficient (Wildman–Crippen LogP) is 3.60. The molecule has 1 atom stereocenters. The van der Waals surface area contributed by atoms with Crippen LogP contribution in [0.5, 0.6) is 0 Å². The smallest absolute Gasteiger partial charge is 0.349 e. The van der Waals surface area contributed by atoms with E-state index < -0.39 is 18.5 Å². The van der Waals surface area contributed by atoms with Crippen LogP contribution in [0.1, 0.15) is 37.8 Å². The van der Waals surface area contributed by atoms with Crippen molar-refractivity contribution < 1.29 is 18.0 Å². The maximum atomic E-state index is 12.1. The molecule has 1 amide bonds. The van der Waals surface area contributed by atoms with Crippen LogP contribution < -0.4 is 5.32 Å². The van der Waals surface area contributed by atoms with E-state index in [9.17, 15) is 18.0 Å². The largest absolute Gasteiger partial charge is 0.397 e. The van der Waals surface area contributed by atoms with Gasteiger partial charge in [-0.1, -0.05) is 43.7 Å². The van der Waals surface area contributed by atoms with Gasteiger partial charge < -0.3 is 5.32 Å². The number of halogens is 3. The highest BCUT2D eigenvalue weighted by atomic mass is 19.4. The van der Waals surface area contributed by atoms with Crippen LogP contribution in [0.15, 0.2) is 30.3 Å². The Morgan fingerprint density at radius 3 is 2.39 bits per heavy atom. The molecule has 5 heteroatoms. The van der Waals surface area contributed by atoms with Crippen molar-refractivity contribution in [1.82, 2.24) is 5.32 Å². The molecule has 0 aromatic heterocycles. The van der Waals surface area contributed by atoms with Gasteiger partial charge in [0.15, 0.2) is 0 Å². The summed E-state index contributed by atoms with van der Waals surface area (Å²) in [4.78, 5) is 11.3. The zero-order valence-corrected chi connectivity index (χ0v) is 10.1. The Morgan fingerprint density at radius 2 is 1.89 bits per heavy atom. The molecule has 1 N–H and O–H groups in total. The summed E-state index contributed by atoms with van der Waals surface area (Å²) in [5.74, 6) is -0.982. The fourth-order valence-corrected chi connectivity index (χ4v) is 1.72. The normalized spacial score (nSPS) is 13.1. The molecule has 18 heavy (non-hydrogen) atoms. The molecule has 0 aliphatic heterocycles. The van der Waals surface area contributed by atoms with Crippen LogP contribution in [-0.4, -0.2) is 12.1 Å². The van der Waals surface area contributed by atoms with Crippen LogP contribution in [0.3, 0.4) is 0 Å². The molecule has 100 valence electrons. The lowest BCUT2D eigenvalue weighted by molar-refractivity contribution is -0.154. The molecule has 0 heterocycles. The molecule has 1 aromatic rings. The Bertz CT molecular complexity index is 376. The van der Waals surface area contributed by atoms with Gasteiger partial charge in [0.1, 0.15) is 6.42 Å². The van der Waals surface area contributed by atoms with Crippen LogP contribution in [0.4, 0.5) is 13.2 Å². The second-order valence-corrected chi connectivity index (χ2v) is 4.11. The minimum atomic E-state index is -4.46. The number of nitrogens with one attached hydrogen (secondary N) is 1. The summed E-state index contributed by atoms with van der Waals surface area (Å²) in [7, 11) is 0. The number of benzene rings is 1. The maximum absolute atomic E-state index is 12.1. The highest BCUT2D eigenvalue weighted by Crippen LogP contribution is 2.22. The lowest BCUT2D eigenvalue weighted by Gasteiger charge is -2.19. The van der Waals surface area contributed by atoms with Crippen molar-refractivity contribution in [3.63, 3.8) is 0 Å². The van der Waals surface area contributed by atoms with E-state index in [1.54, 1.807) is 24.3 Å². The molecule has 0 radical (unpaired) electrons. The van der Waals surface area contributed by atoms with Crippen LogP contribution in [0.2, 0.25) is 0 Å². The maximum Gasteiger partial charge on any atom is 0.397 e. The van der Waals surface area contributed by atoms with Gasteiger partial charge in [0.05, 0.1) is 6.04 Å². The van der Waals surface area contributed by atoms with Crippen LogP contribution in [0.25, 0.3) is 0 Å². The van der Waals surface area contributed by atoms with E-state index in [4.69, 9.17) is 0 Å². The van der Waals surface area contributed by atoms with Gasteiger partial charge in [-0.2, -0.15) is 13.2 Å². The predicted molar refractivity (Wildman–Crippen MR) is 62.9 cm³/mol. The van der Waals surface area contributed by atoms with Crippen molar-refractivity contribution >= 4 is 5.91 Å². The second kappa shape index (κ2) is 6.42. The minimum absolute atomic E-state index is 0.356. The molecule has 1 unspecified atom stereocenters. The first-order chi connectivity index (χ1) is 8.42. The van der Waals surface area contributed by atoms with Gasteiger partial charge in [-0.15, -0.1) is 0 Å². The standard InChI is InChI=1S/C13H16F3NO/c1-2-6-11(10-7-4-3-5-8-10)17-12(18)9-13(14,15)16/h3-5,7-8,11H,2,6,9H2,1H3,(H,17,18). The third kappa shape index (κ3) is 5.21. The molecule has 1 aromatic carbocycles. The van der Waals surface area contributed by atoms with E-state index in [1.807, 2.05) is 13.0 Å². The van der Waals surface area contributed by atoms with Gasteiger partial charge in [0.2, 0.25) is 5.91 Å². The molecule has 0 fully saturated rings. The molecular formula is C13H16F3NO. The average Bonchev–Trinajstić information content (AvgIpc) is 2.27. The van der Waals surface area contributed by atoms with Crippen LogP contribution in [-0.2, 0) is 4.79 Å². The molecule has 0 aliphatic rings. The monoisotopic (exact) mass is 259 g/mol. The third-order valence-corrected chi connectivity index (χ3v) is 2.48. The fourth-order valence-electron chi connectivity index (χ4n) is 1.72. The number of alkyl halides is 3. The molecule has 2 nitrogen and oxygen atoms in total. The molecule has 0 bridgehead atoms. The van der Waals surface area contributed by atoms with Gasteiger partial charge in [0.25, 0.3) is 0 Å². The zero-order chi connectivity index (χ0) is 13.6. The third-order valence-electron chi connectivity index (χ3n) is 2.48. The first-order valence-corrected chi connectivity index (χ1v) is 5.83. The molecular weight excluding hydrogens is 243 g/mol. The Balaban J connectivity index is 2.67. The number of amides is 1. The van der Waals surface area contributed by atoms with E-state index in [0.717, 1.165) is 12.0 Å². The van der Waals surface area contributed by atoms with E-state index in [0.29, 0.717) is 6.42 Å². The van der Waals surface area contributed by atoms with E-state index >= 15 is 0 Å². The number of carbonyl (C=O) groups is 1. The lowest BCUT2D eigenvalue weighted by Crippen LogP contribution is -2.32. The van der Waals surface area contributed by atoms with Crippen LogP contribution in [0, 0.1) is 0 Å². The number of carbonyl (C=O) groups excluding carboxylic acids is 1. The van der Waals surface area contributed by atoms with Crippen molar-refractivity contribution in [2.75, 3.05) is 0 Å². The van der Waals surface area contributed by atoms with Crippen LogP contribution >= 0.6 is 0 Å². The summed E-state index contributed by atoms with van der Waals surface area (Å²) in [6.45, 7) is 1.92. The van der Waals surface area contributed by atoms with Gasteiger partial charge in [0, 0.05) is 0 Å². The SMILES string of the molecule is CCCC(NC(=O)CC(F)(F)F)c1ccccc1. The Labute approximate surface area is 104 Å². The van der Waals surface area contributed by atoms with Crippen molar-refractivity contribution in [3.05, 3.63) is 35.9 Å². The molecule has 1 rings (SSSR count). The lowest BCUT2D eigenvalue weighted by atomic mass is 10.0. The molecule has 0 saturated carbocycles. The van der Waals surface area contributed by atoms with E-state index in [1.165, 1.54) is 0 Å². The topological polar surface area (TPSA) is 29.1 Å². The number of hydrogen-bond donors (Lipinski definition) is 1. The fraction of sp³-hybridized carbons (Fsp3) is 0.462. The van der Waals surface area contributed by atoms with Gasteiger partial charge in [-0.05, 0) is 12.0 Å². The summed E-state index contributed by atoms with van der Waals surface area (Å²) in [5, 5.41) is 2.43. The first kappa shape index (κ1) is 14.5. The molecule has 0 aliphatic carbocycles. The Kier molecular flexibility index (Phi) is 5.19. The Hall–Kier alpha value is -1.52. The minimum Gasteiger partial charge on any atom is -0.349 e. The Morgan fingerprint density at radius 1 is 1.28 bits per heavy atom. The number of rotatable bonds is 5. The van der Waals surface area contributed by atoms with E-state index in [-0.39, 0.29) is 6.04 Å². The summed E-state index contributed by atoms with van der Waals surface area (Å²) < 4.78 is 36.3. The van der Waals surface area contributed by atoms with Crippen molar-refractivity contribution in [2.45, 2.75) is 38.4 Å². The number of hydrogen-bond acceptors (Lipinski definition) is 1. The summed E-state index contributed by atoms with van der Waals surface area (Å²) in [6, 6.07) is 8.67. The zero-order valence-electron chi connectivity index (χ0n) is 10.1. The molecule has 0 saturated heterocycles. The highest BCUT2D eigenvalue weighted by molar-refractivity contribution is 5.77. The van der Waals surface area contributed by atoms with Gasteiger partial charge in [-0.3, -0.25) is 4.79 Å². The van der Waals surface area contributed by atoms with Crippen molar-refractivity contribution in [2.24, 2.45) is 0 Å². The summed E-state index contributed by atoms with van der Waals surface area (Å²) >= 11 is 0. The summed E-state index contributed by atoms with van der Waals surface area (Å²) in [6.07, 6.45) is -4.49. The van der Waals surface area contributed by atoms with Crippen molar-refractivity contribution in [3.8, 4) is 0 Å². The van der Waals surface area contributed by atoms with Gasteiger partial charge in [-0.25, -0.2) is 0 Å². The quantitative estimate of drug-likeness (QED) is 0.860. The average molecular weight is 259 g/mol. The summed E-state index contributed by atoms with van der Waals surface area (Å²) in [5.41, 5.74) is 0.829. The highest BCUT2D eigenvalue weighted by Gasteiger charge is 2.31.